The first-order valence-corrected chi connectivity index (χ1v) is 10.8. The summed E-state index contributed by atoms with van der Waals surface area (Å²) in [6.45, 7) is 0. The van der Waals surface area contributed by atoms with E-state index in [2.05, 4.69) is 15.9 Å². The van der Waals surface area contributed by atoms with E-state index in [0.29, 0.717) is 17.0 Å². The van der Waals surface area contributed by atoms with Crippen LogP contribution in [0, 0.1) is 11.7 Å². The van der Waals surface area contributed by atoms with Gasteiger partial charge in [-0.3, -0.25) is 14.4 Å². The summed E-state index contributed by atoms with van der Waals surface area (Å²) < 4.78 is 20.8. The minimum atomic E-state index is -1.09. The molecule has 32 heavy (non-hydrogen) atoms. The molecule has 0 aromatic heterocycles. The van der Waals surface area contributed by atoms with Crippen LogP contribution in [0.15, 0.2) is 77.3 Å². The Morgan fingerprint density at radius 3 is 2.41 bits per heavy atom. The highest BCUT2D eigenvalue weighted by Crippen LogP contribution is 2.50. The van der Waals surface area contributed by atoms with Crippen molar-refractivity contribution in [2.75, 3.05) is 17.1 Å². The zero-order valence-corrected chi connectivity index (χ0v) is 18.5. The number of benzene rings is 3. The lowest BCUT2D eigenvalue weighted by Crippen LogP contribution is -2.38. The van der Waals surface area contributed by atoms with E-state index in [1.54, 1.807) is 24.3 Å². The van der Waals surface area contributed by atoms with Crippen molar-refractivity contribution in [3.05, 3.63) is 88.6 Å². The molecule has 3 aromatic rings. The van der Waals surface area contributed by atoms with Crippen molar-refractivity contribution in [1.82, 2.24) is 0 Å². The predicted molar refractivity (Wildman–Crippen MR) is 120 cm³/mol. The van der Waals surface area contributed by atoms with Gasteiger partial charge in [-0.2, -0.15) is 0 Å². The average molecular weight is 497 g/mol. The quantitative estimate of drug-likeness (QED) is 0.492. The summed E-state index contributed by atoms with van der Waals surface area (Å²) in [6, 6.07) is 19.7. The van der Waals surface area contributed by atoms with Gasteiger partial charge in [0.1, 0.15) is 17.5 Å². The molecule has 2 amide bonds. The van der Waals surface area contributed by atoms with E-state index in [0.717, 1.165) is 9.37 Å². The van der Waals surface area contributed by atoms with Crippen molar-refractivity contribution in [1.29, 1.82) is 0 Å². The van der Waals surface area contributed by atoms with E-state index in [1.807, 2.05) is 42.5 Å². The Morgan fingerprint density at radius 1 is 0.969 bits per heavy atom. The van der Waals surface area contributed by atoms with Gasteiger partial charge in [0, 0.05) is 10.0 Å². The van der Waals surface area contributed by atoms with Crippen LogP contribution in [0.3, 0.4) is 0 Å². The summed E-state index contributed by atoms with van der Waals surface area (Å²) in [5.41, 5.74) is 1.29. The summed E-state index contributed by atoms with van der Waals surface area (Å²) in [6.07, 6.45) is -1.09. The number of halogens is 2. The maximum Gasteiger partial charge on any atom is 0.266 e. The van der Waals surface area contributed by atoms with Crippen molar-refractivity contribution in [3.63, 3.8) is 0 Å². The van der Waals surface area contributed by atoms with Gasteiger partial charge < -0.3 is 4.74 Å². The van der Waals surface area contributed by atoms with E-state index in [1.165, 1.54) is 18.2 Å². The fraction of sp³-hybridized carbons (Fsp3) is 0.167. The second kappa shape index (κ2) is 8.03. The summed E-state index contributed by atoms with van der Waals surface area (Å²) >= 11 is 3.48. The van der Waals surface area contributed by atoms with Crippen molar-refractivity contribution in [2.45, 2.75) is 12.1 Å². The standard InChI is InChI=1S/C24H18BrFN2O4/c1-31-19-12-11-14(25)13-16(19)21-20-22(32-28(21)15-7-3-2-4-8-15)24(30)27(23(20)29)18-10-6-5-9-17(18)26/h2-13,20-22H,1H3/t20-,21+,22-/m1/s1. The monoisotopic (exact) mass is 496 g/mol. The van der Waals surface area contributed by atoms with Crippen LogP contribution in [0.25, 0.3) is 0 Å². The van der Waals surface area contributed by atoms with E-state index in [4.69, 9.17) is 9.57 Å². The lowest BCUT2D eigenvalue weighted by Gasteiger charge is -2.29. The highest BCUT2D eigenvalue weighted by molar-refractivity contribution is 9.10. The molecule has 162 valence electrons. The molecule has 0 bridgehead atoms. The molecule has 2 aliphatic heterocycles. The van der Waals surface area contributed by atoms with Crippen LogP contribution in [0.1, 0.15) is 11.6 Å². The number of ether oxygens (including phenoxy) is 1. The number of nitrogens with zero attached hydrogens (tertiary/aromatic N) is 2. The van der Waals surface area contributed by atoms with E-state index < -0.39 is 35.7 Å². The number of hydroxylamine groups is 1. The van der Waals surface area contributed by atoms with Gasteiger partial charge in [-0.15, -0.1) is 0 Å². The molecule has 8 heteroatoms. The molecule has 3 atom stereocenters. The SMILES string of the molecule is COc1ccc(Br)cc1[C@H]1[C@H]2C(=O)N(c3ccccc3F)C(=O)[C@@H]2ON1c1ccccc1. The predicted octanol–water partition coefficient (Wildman–Crippen LogP) is 4.65. The summed E-state index contributed by atoms with van der Waals surface area (Å²) in [5.74, 6) is -2.10. The number of carbonyl (C=O) groups is 2. The van der Waals surface area contributed by atoms with Gasteiger partial charge in [0.15, 0.2) is 6.10 Å². The van der Waals surface area contributed by atoms with Crippen molar-refractivity contribution in [2.24, 2.45) is 5.92 Å². The number of carbonyl (C=O) groups excluding carboxylic acids is 2. The van der Waals surface area contributed by atoms with Gasteiger partial charge in [-0.05, 0) is 42.5 Å². The second-order valence-corrected chi connectivity index (χ2v) is 8.42. The third-order valence-corrected chi connectivity index (χ3v) is 6.22. The number of hydrogen-bond acceptors (Lipinski definition) is 5. The zero-order chi connectivity index (χ0) is 22.4. The fourth-order valence-corrected chi connectivity index (χ4v) is 4.71. The second-order valence-electron chi connectivity index (χ2n) is 7.51. The zero-order valence-electron chi connectivity index (χ0n) is 16.9. The van der Waals surface area contributed by atoms with Crippen molar-refractivity contribution < 1.29 is 23.6 Å². The van der Waals surface area contributed by atoms with Crippen LogP contribution in [0.4, 0.5) is 15.8 Å². The van der Waals surface area contributed by atoms with Crippen LogP contribution in [0.2, 0.25) is 0 Å². The molecule has 2 saturated heterocycles. The van der Waals surface area contributed by atoms with Crippen molar-refractivity contribution >= 4 is 39.1 Å². The molecule has 0 N–H and O–H groups in total. The lowest BCUT2D eigenvalue weighted by atomic mass is 9.90. The molecule has 3 aromatic carbocycles. The van der Waals surface area contributed by atoms with Gasteiger partial charge >= 0.3 is 0 Å². The molecule has 0 aliphatic carbocycles. The first-order chi connectivity index (χ1) is 15.5. The van der Waals surface area contributed by atoms with E-state index in [9.17, 15) is 14.0 Å². The molecule has 0 unspecified atom stereocenters. The molecule has 2 fully saturated rings. The number of para-hydroxylation sites is 2. The number of hydrogen-bond donors (Lipinski definition) is 0. The number of methoxy groups -OCH3 is 1. The maximum atomic E-state index is 14.5. The normalized spacial score (nSPS) is 22.4. The van der Waals surface area contributed by atoms with Crippen LogP contribution >= 0.6 is 15.9 Å². The minimum absolute atomic E-state index is 0.0771. The number of anilines is 2. The third kappa shape index (κ3) is 3.18. The number of rotatable bonds is 4. The summed E-state index contributed by atoms with van der Waals surface area (Å²) in [4.78, 5) is 33.8. The Morgan fingerprint density at radius 2 is 1.69 bits per heavy atom. The summed E-state index contributed by atoms with van der Waals surface area (Å²) in [7, 11) is 1.54. The maximum absolute atomic E-state index is 14.5. The molecule has 6 nitrogen and oxygen atoms in total. The third-order valence-electron chi connectivity index (χ3n) is 5.73. The molecule has 2 aliphatic rings. The highest BCUT2D eigenvalue weighted by Gasteiger charge is 2.61. The van der Waals surface area contributed by atoms with Gasteiger partial charge in [-0.25, -0.2) is 14.4 Å². The molecular formula is C24H18BrFN2O4. The Balaban J connectivity index is 1.65. The van der Waals surface area contributed by atoms with E-state index >= 15 is 0 Å². The molecule has 0 spiro atoms. The smallest absolute Gasteiger partial charge is 0.266 e. The van der Waals surface area contributed by atoms with Crippen LogP contribution < -0.4 is 14.7 Å². The van der Waals surface area contributed by atoms with Gasteiger partial charge in [0.2, 0.25) is 5.91 Å². The number of amides is 2. The van der Waals surface area contributed by atoms with Crippen LogP contribution in [-0.2, 0) is 14.4 Å². The number of fused-ring (bicyclic) bond motifs is 1. The summed E-state index contributed by atoms with van der Waals surface area (Å²) in [5, 5.41) is 1.58. The molecule has 0 saturated carbocycles. The molecule has 0 radical (unpaired) electrons. The lowest BCUT2D eigenvalue weighted by molar-refractivity contribution is -0.126. The number of imide groups is 1. The first-order valence-electron chi connectivity index (χ1n) is 9.98. The molecule has 2 heterocycles. The molecular weight excluding hydrogens is 479 g/mol. The largest absolute Gasteiger partial charge is 0.496 e. The Hall–Kier alpha value is -3.23. The van der Waals surface area contributed by atoms with Gasteiger partial charge in [0.25, 0.3) is 5.91 Å². The molecule has 5 rings (SSSR count). The average Bonchev–Trinajstić information content (AvgIpc) is 3.31. The Bertz CT molecular complexity index is 1210. The minimum Gasteiger partial charge on any atom is -0.496 e. The van der Waals surface area contributed by atoms with Gasteiger partial charge in [-0.1, -0.05) is 46.3 Å². The topological polar surface area (TPSA) is 59.1 Å². The van der Waals surface area contributed by atoms with Crippen molar-refractivity contribution in [3.8, 4) is 5.75 Å². The van der Waals surface area contributed by atoms with E-state index in [-0.39, 0.29) is 5.69 Å². The van der Waals surface area contributed by atoms with Crippen LogP contribution in [0.5, 0.6) is 5.75 Å². The Labute approximate surface area is 192 Å². The Kier molecular flexibility index (Phi) is 5.19. The van der Waals surface area contributed by atoms with Gasteiger partial charge in [0.05, 0.1) is 24.5 Å². The van der Waals surface area contributed by atoms with Crippen LogP contribution in [-0.4, -0.2) is 25.0 Å². The highest BCUT2D eigenvalue weighted by atomic mass is 79.9. The fourth-order valence-electron chi connectivity index (χ4n) is 4.34. The first kappa shape index (κ1) is 20.7.